The van der Waals surface area contributed by atoms with Crippen LogP contribution in [0.1, 0.15) is 59.8 Å². The molecule has 4 heteroatoms. The van der Waals surface area contributed by atoms with Gasteiger partial charge in [-0.2, -0.15) is 0 Å². The Morgan fingerprint density at radius 1 is 1.00 bits per heavy atom. The molecule has 0 bridgehead atoms. The fourth-order valence-electron chi connectivity index (χ4n) is 1.57. The zero-order valence-corrected chi connectivity index (χ0v) is 14.7. The van der Waals surface area contributed by atoms with Crippen molar-refractivity contribution in [3.05, 3.63) is 0 Å². The van der Waals surface area contributed by atoms with Crippen molar-refractivity contribution in [2.75, 3.05) is 13.2 Å². The maximum atomic E-state index is 5.83. The molecule has 0 N–H and O–H groups in total. The highest BCUT2D eigenvalue weighted by Gasteiger charge is 2.15. The van der Waals surface area contributed by atoms with E-state index in [0.717, 1.165) is 32.1 Å². The second-order valence-electron chi connectivity index (χ2n) is 5.14. The van der Waals surface area contributed by atoms with Crippen LogP contribution < -0.4 is 0 Å². The van der Waals surface area contributed by atoms with Crippen molar-refractivity contribution in [2.24, 2.45) is 0 Å². The van der Waals surface area contributed by atoms with Crippen LogP contribution in [0.4, 0.5) is 0 Å². The molecule has 0 aromatic rings. The molecule has 2 nitrogen and oxygen atoms in total. The summed E-state index contributed by atoms with van der Waals surface area (Å²) in [5, 5.41) is 0. The van der Waals surface area contributed by atoms with Crippen LogP contribution >= 0.6 is 15.9 Å². The molecular weight excluding hydrogens is 296 g/mol. The molecule has 0 aromatic heterocycles. The van der Waals surface area contributed by atoms with Crippen LogP contribution in [-0.4, -0.2) is 26.8 Å². The maximum absolute atomic E-state index is 5.83. The summed E-state index contributed by atoms with van der Waals surface area (Å²) in [7, 11) is -1.37. The van der Waals surface area contributed by atoms with Gasteiger partial charge in [-0.3, -0.25) is 0 Å². The molecule has 0 saturated carbocycles. The van der Waals surface area contributed by atoms with E-state index in [9.17, 15) is 0 Å². The summed E-state index contributed by atoms with van der Waals surface area (Å²) in [4.78, 5) is 0. The van der Waals surface area contributed by atoms with E-state index in [1.54, 1.807) is 0 Å². The summed E-state index contributed by atoms with van der Waals surface area (Å²) >= 11 is 3.68. The minimum Gasteiger partial charge on any atom is -0.397 e. The molecule has 0 unspecified atom stereocenters. The van der Waals surface area contributed by atoms with Crippen LogP contribution in [0, 0.1) is 0 Å². The Bertz CT molecular complexity index is 163. The lowest BCUT2D eigenvalue weighted by Crippen LogP contribution is -2.24. The van der Waals surface area contributed by atoms with Gasteiger partial charge in [-0.1, -0.05) is 56.5 Å². The van der Waals surface area contributed by atoms with E-state index in [2.05, 4.69) is 43.6 Å². The fourth-order valence-corrected chi connectivity index (χ4v) is 3.90. The zero-order valence-electron chi connectivity index (χ0n) is 11.9. The summed E-state index contributed by atoms with van der Waals surface area (Å²) in [5.41, 5.74) is 0. The van der Waals surface area contributed by atoms with Crippen molar-refractivity contribution in [3.8, 4) is 0 Å². The Balaban J connectivity index is 3.66. The number of hydrogen-bond acceptors (Lipinski definition) is 2. The second-order valence-corrected chi connectivity index (χ2v) is 9.39. The second kappa shape index (κ2) is 10.5. The molecule has 0 rings (SSSR count). The highest BCUT2D eigenvalue weighted by atomic mass is 79.9. The monoisotopic (exact) mass is 324 g/mol. The average molecular weight is 325 g/mol. The molecule has 0 radical (unpaired) electrons. The molecule has 0 saturated heterocycles. The predicted octanol–water partition coefficient (Wildman–Crippen LogP) is 4.40. The molecule has 17 heavy (non-hydrogen) atoms. The van der Waals surface area contributed by atoms with Crippen LogP contribution in [0.15, 0.2) is 0 Å². The van der Waals surface area contributed by atoms with Gasteiger partial charge in [-0.25, -0.2) is 0 Å². The third-order valence-corrected chi connectivity index (χ3v) is 4.97. The lowest BCUT2D eigenvalue weighted by Gasteiger charge is -2.18. The van der Waals surface area contributed by atoms with Gasteiger partial charge < -0.3 is 8.85 Å². The molecule has 0 amide bonds. The van der Waals surface area contributed by atoms with E-state index in [4.69, 9.17) is 8.85 Å². The van der Waals surface area contributed by atoms with Gasteiger partial charge >= 0.3 is 9.28 Å². The minimum atomic E-state index is -1.37. The standard InChI is InChI=1S/C13H29BrO2Si/c1-5-10-15-17(16-11-6-2)12-8-7-9-13(3,4)14/h17H,5-12H2,1-4H3. The smallest absolute Gasteiger partial charge is 0.321 e. The van der Waals surface area contributed by atoms with Crippen molar-refractivity contribution in [2.45, 2.75) is 70.2 Å². The molecule has 0 aromatic carbocycles. The van der Waals surface area contributed by atoms with E-state index in [-0.39, 0.29) is 4.32 Å². The van der Waals surface area contributed by atoms with Gasteiger partial charge in [-0.05, 0) is 25.3 Å². The lowest BCUT2D eigenvalue weighted by molar-refractivity contribution is 0.195. The highest BCUT2D eigenvalue weighted by molar-refractivity contribution is 9.10. The minimum absolute atomic E-state index is 0.276. The first-order valence-corrected chi connectivity index (χ1v) is 9.47. The highest BCUT2D eigenvalue weighted by Crippen LogP contribution is 2.23. The molecule has 104 valence electrons. The van der Waals surface area contributed by atoms with E-state index in [0.29, 0.717) is 0 Å². The summed E-state index contributed by atoms with van der Waals surface area (Å²) in [5.74, 6) is 0. The zero-order chi connectivity index (χ0) is 13.1. The van der Waals surface area contributed by atoms with Crippen LogP contribution in [0.25, 0.3) is 0 Å². The van der Waals surface area contributed by atoms with Crippen molar-refractivity contribution in [1.82, 2.24) is 0 Å². The Morgan fingerprint density at radius 2 is 1.53 bits per heavy atom. The predicted molar refractivity (Wildman–Crippen MR) is 81.3 cm³/mol. The van der Waals surface area contributed by atoms with Crippen LogP contribution in [0.2, 0.25) is 6.04 Å². The number of rotatable bonds is 11. The summed E-state index contributed by atoms with van der Waals surface area (Å²) in [6, 6.07) is 1.16. The topological polar surface area (TPSA) is 18.5 Å². The molecule has 0 aliphatic heterocycles. The SMILES string of the molecule is CCCO[SiH](CCCCC(C)(C)Br)OCCC. The maximum Gasteiger partial charge on any atom is 0.321 e. The van der Waals surface area contributed by atoms with Crippen molar-refractivity contribution >= 4 is 25.2 Å². The summed E-state index contributed by atoms with van der Waals surface area (Å²) in [6.45, 7) is 10.5. The van der Waals surface area contributed by atoms with Gasteiger partial charge in [0.1, 0.15) is 0 Å². The third-order valence-electron chi connectivity index (χ3n) is 2.48. The molecule has 0 aliphatic rings. The van der Waals surface area contributed by atoms with Gasteiger partial charge in [-0.15, -0.1) is 0 Å². The molecule has 0 fully saturated rings. The fraction of sp³-hybridized carbons (Fsp3) is 1.00. The third kappa shape index (κ3) is 12.9. The first kappa shape index (κ1) is 17.6. The number of halogens is 1. The van der Waals surface area contributed by atoms with Crippen molar-refractivity contribution in [3.63, 3.8) is 0 Å². The summed E-state index contributed by atoms with van der Waals surface area (Å²) < 4.78 is 11.9. The molecule has 0 atom stereocenters. The van der Waals surface area contributed by atoms with Gasteiger partial charge in [0, 0.05) is 17.5 Å². The molecule has 0 aliphatic carbocycles. The van der Waals surface area contributed by atoms with Crippen LogP contribution in [0.3, 0.4) is 0 Å². The molecule has 0 spiro atoms. The van der Waals surface area contributed by atoms with Crippen LogP contribution in [0.5, 0.6) is 0 Å². The van der Waals surface area contributed by atoms with E-state index < -0.39 is 9.28 Å². The Hall–Kier alpha value is 0.617. The van der Waals surface area contributed by atoms with Gasteiger partial charge in [0.15, 0.2) is 0 Å². The van der Waals surface area contributed by atoms with E-state index in [1.165, 1.54) is 19.3 Å². The largest absolute Gasteiger partial charge is 0.397 e. The van der Waals surface area contributed by atoms with Crippen molar-refractivity contribution < 1.29 is 8.85 Å². The van der Waals surface area contributed by atoms with Gasteiger partial charge in [0.25, 0.3) is 0 Å². The van der Waals surface area contributed by atoms with Gasteiger partial charge in [0.05, 0.1) is 0 Å². The lowest BCUT2D eigenvalue weighted by atomic mass is 10.1. The number of unbranched alkanes of at least 4 members (excludes halogenated alkanes) is 1. The molecular formula is C13H29BrO2Si. The van der Waals surface area contributed by atoms with Crippen LogP contribution in [-0.2, 0) is 8.85 Å². The summed E-state index contributed by atoms with van der Waals surface area (Å²) in [6.07, 6.45) is 5.89. The Morgan fingerprint density at radius 3 is 1.94 bits per heavy atom. The quantitative estimate of drug-likeness (QED) is 0.318. The Labute approximate surface area is 117 Å². The normalized spacial score (nSPS) is 12.4. The van der Waals surface area contributed by atoms with Gasteiger partial charge in [0.2, 0.25) is 0 Å². The first-order chi connectivity index (χ1) is 7.99. The van der Waals surface area contributed by atoms with Crippen molar-refractivity contribution in [1.29, 1.82) is 0 Å². The first-order valence-electron chi connectivity index (χ1n) is 6.91. The Kier molecular flexibility index (Phi) is 10.9. The molecule has 0 heterocycles. The number of alkyl halides is 1. The van der Waals surface area contributed by atoms with E-state index >= 15 is 0 Å². The van der Waals surface area contributed by atoms with E-state index in [1.807, 2.05) is 0 Å². The number of hydrogen-bond donors (Lipinski definition) is 0. The average Bonchev–Trinajstić information content (AvgIpc) is 2.25.